The number of nitrogens with zero attached hydrogens (tertiary/aromatic N) is 1. The SMILES string of the molecule is COc1ccc(C)c(Nc2ccnc3c(C)coc23)c1C. The first-order chi connectivity index (χ1) is 10.1. The van der Waals surface area contributed by atoms with E-state index in [1.54, 1.807) is 19.6 Å². The highest BCUT2D eigenvalue weighted by Crippen LogP contribution is 2.34. The van der Waals surface area contributed by atoms with Crippen LogP contribution in [-0.2, 0) is 0 Å². The van der Waals surface area contributed by atoms with Crippen molar-refractivity contribution in [1.82, 2.24) is 4.98 Å². The number of rotatable bonds is 3. The zero-order valence-corrected chi connectivity index (χ0v) is 12.7. The fourth-order valence-corrected chi connectivity index (χ4v) is 2.53. The third-order valence-corrected chi connectivity index (χ3v) is 3.73. The Morgan fingerprint density at radius 3 is 2.67 bits per heavy atom. The highest BCUT2D eigenvalue weighted by atomic mass is 16.5. The fourth-order valence-electron chi connectivity index (χ4n) is 2.53. The summed E-state index contributed by atoms with van der Waals surface area (Å²) in [4.78, 5) is 4.36. The molecule has 0 aliphatic rings. The van der Waals surface area contributed by atoms with E-state index in [0.717, 1.165) is 44.9 Å². The Hall–Kier alpha value is -2.49. The number of pyridine rings is 1. The first-order valence-electron chi connectivity index (χ1n) is 6.86. The van der Waals surface area contributed by atoms with Crippen molar-refractivity contribution in [3.8, 4) is 5.75 Å². The number of fused-ring (bicyclic) bond motifs is 1. The van der Waals surface area contributed by atoms with Crippen LogP contribution in [0.1, 0.15) is 16.7 Å². The Bertz CT molecular complexity index is 806. The van der Waals surface area contributed by atoms with Crippen molar-refractivity contribution in [1.29, 1.82) is 0 Å². The van der Waals surface area contributed by atoms with E-state index in [1.165, 1.54) is 0 Å². The summed E-state index contributed by atoms with van der Waals surface area (Å²) >= 11 is 0. The maximum atomic E-state index is 5.63. The third-order valence-electron chi connectivity index (χ3n) is 3.73. The first-order valence-corrected chi connectivity index (χ1v) is 6.86. The molecule has 21 heavy (non-hydrogen) atoms. The molecule has 0 aliphatic carbocycles. The van der Waals surface area contributed by atoms with Crippen molar-refractivity contribution >= 4 is 22.5 Å². The standard InChI is InChI=1S/C17H18N2O2/c1-10-5-6-14(20-4)12(3)15(10)19-13-7-8-18-16-11(2)9-21-17(13)16/h5-9H,1-4H3,(H,18,19). The summed E-state index contributed by atoms with van der Waals surface area (Å²) in [5.74, 6) is 0.865. The van der Waals surface area contributed by atoms with Crippen molar-refractivity contribution in [3.05, 3.63) is 47.3 Å². The molecule has 1 N–H and O–H groups in total. The van der Waals surface area contributed by atoms with Crippen LogP contribution in [0.25, 0.3) is 11.1 Å². The number of aryl methyl sites for hydroxylation is 2. The maximum absolute atomic E-state index is 5.63. The summed E-state index contributed by atoms with van der Waals surface area (Å²) in [6.07, 6.45) is 3.52. The van der Waals surface area contributed by atoms with E-state index in [0.29, 0.717) is 0 Å². The minimum Gasteiger partial charge on any atom is -0.496 e. The number of nitrogens with one attached hydrogen (secondary N) is 1. The topological polar surface area (TPSA) is 47.3 Å². The molecule has 0 bridgehead atoms. The van der Waals surface area contributed by atoms with E-state index in [-0.39, 0.29) is 0 Å². The monoisotopic (exact) mass is 282 g/mol. The van der Waals surface area contributed by atoms with Gasteiger partial charge in [-0.05, 0) is 38.5 Å². The molecule has 2 aromatic heterocycles. The van der Waals surface area contributed by atoms with Crippen LogP contribution in [0.2, 0.25) is 0 Å². The molecule has 0 atom stereocenters. The zero-order chi connectivity index (χ0) is 15.0. The van der Waals surface area contributed by atoms with Crippen LogP contribution in [0, 0.1) is 20.8 Å². The Morgan fingerprint density at radius 1 is 1.10 bits per heavy atom. The number of ether oxygens (including phenoxy) is 1. The molecule has 0 unspecified atom stereocenters. The van der Waals surface area contributed by atoms with E-state index in [1.807, 2.05) is 32.0 Å². The van der Waals surface area contributed by atoms with Gasteiger partial charge in [-0.1, -0.05) is 6.07 Å². The predicted molar refractivity (Wildman–Crippen MR) is 84.5 cm³/mol. The van der Waals surface area contributed by atoms with Gasteiger partial charge in [-0.2, -0.15) is 0 Å². The summed E-state index contributed by atoms with van der Waals surface area (Å²) in [5, 5.41) is 3.46. The number of aromatic nitrogens is 1. The molecular weight excluding hydrogens is 264 g/mol. The van der Waals surface area contributed by atoms with Crippen molar-refractivity contribution in [3.63, 3.8) is 0 Å². The molecule has 4 nitrogen and oxygen atoms in total. The number of furan rings is 1. The summed E-state index contributed by atoms with van der Waals surface area (Å²) in [5.41, 5.74) is 6.87. The normalized spacial score (nSPS) is 10.9. The molecule has 0 fully saturated rings. The lowest BCUT2D eigenvalue weighted by atomic mass is 10.1. The van der Waals surface area contributed by atoms with Gasteiger partial charge in [0.15, 0.2) is 5.58 Å². The van der Waals surface area contributed by atoms with Crippen LogP contribution in [0.3, 0.4) is 0 Å². The fraction of sp³-hybridized carbons (Fsp3) is 0.235. The zero-order valence-electron chi connectivity index (χ0n) is 12.7. The molecule has 2 heterocycles. The van der Waals surface area contributed by atoms with E-state index in [2.05, 4.69) is 17.2 Å². The van der Waals surface area contributed by atoms with Gasteiger partial charge in [0.25, 0.3) is 0 Å². The van der Waals surface area contributed by atoms with Gasteiger partial charge in [-0.3, -0.25) is 4.98 Å². The third kappa shape index (κ3) is 2.23. The van der Waals surface area contributed by atoms with Crippen LogP contribution in [0.15, 0.2) is 35.1 Å². The Labute approximate surface area is 123 Å². The minimum atomic E-state index is 0.775. The number of hydrogen-bond donors (Lipinski definition) is 1. The van der Waals surface area contributed by atoms with Gasteiger partial charge in [-0.15, -0.1) is 0 Å². The van der Waals surface area contributed by atoms with E-state index in [4.69, 9.17) is 9.15 Å². The lowest BCUT2D eigenvalue weighted by Gasteiger charge is -2.15. The number of benzene rings is 1. The van der Waals surface area contributed by atoms with Crippen LogP contribution < -0.4 is 10.1 Å². The molecular formula is C17H18N2O2. The second-order valence-electron chi connectivity index (χ2n) is 5.16. The average molecular weight is 282 g/mol. The summed E-state index contributed by atoms with van der Waals surface area (Å²) in [7, 11) is 1.68. The lowest BCUT2D eigenvalue weighted by Crippen LogP contribution is -1.99. The second kappa shape index (κ2) is 5.13. The van der Waals surface area contributed by atoms with E-state index in [9.17, 15) is 0 Å². The van der Waals surface area contributed by atoms with Gasteiger partial charge in [0.05, 0.1) is 19.1 Å². The highest BCUT2D eigenvalue weighted by Gasteiger charge is 2.12. The van der Waals surface area contributed by atoms with Crippen molar-refractivity contribution in [2.45, 2.75) is 20.8 Å². The maximum Gasteiger partial charge on any atom is 0.175 e. The predicted octanol–water partition coefficient (Wildman–Crippen LogP) is 4.51. The number of anilines is 2. The molecule has 108 valence electrons. The quantitative estimate of drug-likeness (QED) is 0.768. The molecule has 0 saturated carbocycles. The van der Waals surface area contributed by atoms with Crippen LogP contribution in [0.5, 0.6) is 5.75 Å². The summed E-state index contributed by atoms with van der Waals surface area (Å²) in [6.45, 7) is 6.10. The average Bonchev–Trinajstić information content (AvgIpc) is 2.86. The Kier molecular flexibility index (Phi) is 3.29. The Balaban J connectivity index is 2.11. The largest absolute Gasteiger partial charge is 0.496 e. The molecule has 0 spiro atoms. The minimum absolute atomic E-state index is 0.775. The lowest BCUT2D eigenvalue weighted by molar-refractivity contribution is 0.412. The summed E-state index contributed by atoms with van der Waals surface area (Å²) in [6, 6.07) is 5.94. The van der Waals surface area contributed by atoms with Crippen LogP contribution >= 0.6 is 0 Å². The van der Waals surface area contributed by atoms with Crippen LogP contribution in [-0.4, -0.2) is 12.1 Å². The van der Waals surface area contributed by atoms with Crippen molar-refractivity contribution < 1.29 is 9.15 Å². The van der Waals surface area contributed by atoms with Crippen LogP contribution in [0.4, 0.5) is 11.4 Å². The van der Waals surface area contributed by atoms with Gasteiger partial charge in [0.2, 0.25) is 0 Å². The highest BCUT2D eigenvalue weighted by molar-refractivity contribution is 5.90. The molecule has 4 heteroatoms. The van der Waals surface area contributed by atoms with E-state index >= 15 is 0 Å². The smallest absolute Gasteiger partial charge is 0.175 e. The molecule has 3 aromatic rings. The van der Waals surface area contributed by atoms with Gasteiger partial charge < -0.3 is 14.5 Å². The Morgan fingerprint density at radius 2 is 1.90 bits per heavy atom. The molecule has 0 saturated heterocycles. The molecule has 1 aromatic carbocycles. The number of hydrogen-bond acceptors (Lipinski definition) is 4. The van der Waals surface area contributed by atoms with Gasteiger partial charge >= 0.3 is 0 Å². The summed E-state index contributed by atoms with van der Waals surface area (Å²) < 4.78 is 11.0. The molecule has 0 amide bonds. The van der Waals surface area contributed by atoms with Gasteiger partial charge in [-0.25, -0.2) is 0 Å². The first kappa shape index (κ1) is 13.5. The molecule has 3 rings (SSSR count). The van der Waals surface area contributed by atoms with Crippen molar-refractivity contribution in [2.24, 2.45) is 0 Å². The van der Waals surface area contributed by atoms with E-state index < -0.39 is 0 Å². The van der Waals surface area contributed by atoms with Gasteiger partial charge in [0, 0.05) is 23.0 Å². The van der Waals surface area contributed by atoms with Gasteiger partial charge in [0.1, 0.15) is 11.3 Å². The molecule has 0 aliphatic heterocycles. The second-order valence-corrected chi connectivity index (χ2v) is 5.16. The molecule has 0 radical (unpaired) electrons. The number of methoxy groups -OCH3 is 1. The van der Waals surface area contributed by atoms with Crippen molar-refractivity contribution in [2.75, 3.05) is 12.4 Å².